The zero-order valence-corrected chi connectivity index (χ0v) is 22.7. The van der Waals surface area contributed by atoms with Crippen LogP contribution in [0.2, 0.25) is 0 Å². The molecule has 210 valence electrons. The summed E-state index contributed by atoms with van der Waals surface area (Å²) in [6, 6.07) is 21.9. The molecule has 1 aliphatic heterocycles. The van der Waals surface area contributed by atoms with Gasteiger partial charge < -0.3 is 29.9 Å². The number of ether oxygens (including phenoxy) is 2. The van der Waals surface area contributed by atoms with Crippen molar-refractivity contribution >= 4 is 11.9 Å². The second kappa shape index (κ2) is 12.1. The molecule has 0 spiro atoms. The summed E-state index contributed by atoms with van der Waals surface area (Å²) >= 11 is 0. The number of phenolic OH excluding ortho intramolecular Hbond substituents is 4. The van der Waals surface area contributed by atoms with Crippen LogP contribution in [-0.4, -0.2) is 33.3 Å². The van der Waals surface area contributed by atoms with E-state index in [1.54, 1.807) is 60.7 Å². The van der Waals surface area contributed by atoms with Gasteiger partial charge in [-0.3, -0.25) is 4.79 Å². The van der Waals surface area contributed by atoms with Gasteiger partial charge in [0.05, 0.1) is 7.11 Å². The molecule has 4 aromatic carbocycles. The van der Waals surface area contributed by atoms with E-state index in [0.29, 0.717) is 30.8 Å². The second-order valence-electron chi connectivity index (χ2n) is 10.2. The van der Waals surface area contributed by atoms with E-state index < -0.39 is 6.10 Å². The van der Waals surface area contributed by atoms with E-state index in [1.165, 1.54) is 13.2 Å². The number of rotatable bonds is 9. The Morgan fingerprint density at radius 3 is 2.15 bits per heavy atom. The molecule has 0 amide bonds. The maximum absolute atomic E-state index is 13.5. The summed E-state index contributed by atoms with van der Waals surface area (Å²) in [6.07, 6.45) is 5.32. The summed E-state index contributed by atoms with van der Waals surface area (Å²) < 4.78 is 12.2. The van der Waals surface area contributed by atoms with Crippen LogP contribution in [0.15, 0.2) is 84.9 Å². The maximum atomic E-state index is 13.5. The highest BCUT2D eigenvalue weighted by Crippen LogP contribution is 2.49. The second-order valence-corrected chi connectivity index (χ2v) is 10.2. The van der Waals surface area contributed by atoms with Gasteiger partial charge in [0.1, 0.15) is 46.2 Å². The maximum Gasteiger partial charge on any atom is 0.170 e. The summed E-state index contributed by atoms with van der Waals surface area (Å²) in [6.45, 7) is 0. The van der Waals surface area contributed by atoms with Gasteiger partial charge in [0, 0.05) is 24.0 Å². The van der Waals surface area contributed by atoms with Crippen LogP contribution in [0.1, 0.15) is 51.6 Å². The summed E-state index contributed by atoms with van der Waals surface area (Å²) in [4.78, 5) is 13.5. The largest absolute Gasteiger partial charge is 0.508 e. The number of methoxy groups -OCH3 is 1. The standard InChI is InChI=1S/C34H32O7/c1-40-31-20-30(39)32(29(38)18-9-22-7-14-26(36)15-8-22)34-28(31)19-24(4-2-3-21-5-12-25(35)13-6-21)33(41-34)23-10-16-27(37)17-11-23/h2-3,5-8,10-17,20,24,33,35-37,39H,4,9,18-19H2,1H3/b3-2+/t24-,33+/m0/s1. The van der Waals surface area contributed by atoms with E-state index in [4.69, 9.17) is 9.47 Å². The Morgan fingerprint density at radius 2 is 1.51 bits per heavy atom. The third-order valence-corrected chi connectivity index (χ3v) is 7.40. The number of carbonyl (C=O) groups is 1. The van der Waals surface area contributed by atoms with Crippen molar-refractivity contribution < 1.29 is 34.7 Å². The number of benzene rings is 4. The molecule has 5 rings (SSSR count). The normalized spacial score (nSPS) is 16.2. The van der Waals surface area contributed by atoms with Crippen molar-refractivity contribution in [2.75, 3.05) is 7.11 Å². The molecular formula is C34H32O7. The SMILES string of the molecule is COc1cc(O)c(C(=O)CCc2ccc(O)cc2)c2c1C[C@H](C/C=C/c1ccc(O)cc1)[C@@H](c1ccc(O)cc1)O2. The lowest BCUT2D eigenvalue weighted by Gasteiger charge is -2.35. The lowest BCUT2D eigenvalue weighted by molar-refractivity contribution is 0.0933. The number of allylic oxidation sites excluding steroid dienone is 1. The van der Waals surface area contributed by atoms with Gasteiger partial charge in [-0.2, -0.15) is 0 Å². The number of Topliss-reactive ketones (excluding diaryl/α,β-unsaturated/α-hetero) is 1. The van der Waals surface area contributed by atoms with Crippen LogP contribution < -0.4 is 9.47 Å². The van der Waals surface area contributed by atoms with Gasteiger partial charge in [0.2, 0.25) is 0 Å². The Balaban J connectivity index is 1.48. The fourth-order valence-electron chi connectivity index (χ4n) is 5.25. The molecule has 7 nitrogen and oxygen atoms in total. The highest BCUT2D eigenvalue weighted by Gasteiger charge is 2.36. The Labute approximate surface area is 238 Å². The smallest absolute Gasteiger partial charge is 0.170 e. The van der Waals surface area contributed by atoms with Crippen molar-refractivity contribution in [3.05, 3.63) is 113 Å². The van der Waals surface area contributed by atoms with Gasteiger partial charge in [0.15, 0.2) is 5.78 Å². The third kappa shape index (κ3) is 6.30. The van der Waals surface area contributed by atoms with Gasteiger partial charge in [-0.15, -0.1) is 0 Å². The number of hydrogen-bond acceptors (Lipinski definition) is 7. The molecule has 4 aromatic rings. The Kier molecular flexibility index (Phi) is 8.15. The van der Waals surface area contributed by atoms with Gasteiger partial charge >= 0.3 is 0 Å². The molecule has 7 heteroatoms. The van der Waals surface area contributed by atoms with E-state index in [1.807, 2.05) is 18.2 Å². The summed E-state index contributed by atoms with van der Waals surface area (Å²) in [5.74, 6) is 0.755. The lowest BCUT2D eigenvalue weighted by atomic mass is 9.82. The van der Waals surface area contributed by atoms with Crippen molar-refractivity contribution in [3.63, 3.8) is 0 Å². The van der Waals surface area contributed by atoms with E-state index >= 15 is 0 Å². The predicted molar refractivity (Wildman–Crippen MR) is 156 cm³/mol. The van der Waals surface area contributed by atoms with Crippen LogP contribution in [0.5, 0.6) is 34.5 Å². The molecule has 0 fully saturated rings. The molecule has 0 unspecified atom stereocenters. The number of fused-ring (bicyclic) bond motifs is 1. The summed E-state index contributed by atoms with van der Waals surface area (Å²) in [5.41, 5.74) is 3.52. The minimum absolute atomic E-state index is 0.0428. The zero-order chi connectivity index (χ0) is 28.9. The summed E-state index contributed by atoms with van der Waals surface area (Å²) in [5, 5.41) is 40.0. The first kappa shape index (κ1) is 27.6. The van der Waals surface area contributed by atoms with E-state index in [-0.39, 0.29) is 46.7 Å². The molecule has 0 bridgehead atoms. The average Bonchev–Trinajstić information content (AvgIpc) is 2.97. The first-order valence-electron chi connectivity index (χ1n) is 13.5. The van der Waals surface area contributed by atoms with Crippen molar-refractivity contribution in [1.29, 1.82) is 0 Å². The molecule has 0 radical (unpaired) electrons. The van der Waals surface area contributed by atoms with Crippen molar-refractivity contribution in [2.24, 2.45) is 5.92 Å². The molecule has 0 aliphatic carbocycles. The monoisotopic (exact) mass is 552 g/mol. The Bertz CT molecular complexity index is 1540. The van der Waals surface area contributed by atoms with Crippen molar-refractivity contribution in [2.45, 2.75) is 31.8 Å². The topological polar surface area (TPSA) is 116 Å². The Hall–Kier alpha value is -4.91. The Morgan fingerprint density at radius 1 is 0.902 bits per heavy atom. The minimum atomic E-state index is -0.456. The number of ketones is 1. The van der Waals surface area contributed by atoms with Crippen LogP contribution in [0.25, 0.3) is 6.08 Å². The van der Waals surface area contributed by atoms with Crippen LogP contribution in [0, 0.1) is 5.92 Å². The zero-order valence-electron chi connectivity index (χ0n) is 22.7. The number of aryl methyl sites for hydroxylation is 1. The molecular weight excluding hydrogens is 520 g/mol. The van der Waals surface area contributed by atoms with Crippen molar-refractivity contribution in [1.82, 2.24) is 0 Å². The lowest BCUT2D eigenvalue weighted by Crippen LogP contribution is -2.27. The van der Waals surface area contributed by atoms with Crippen LogP contribution in [0.3, 0.4) is 0 Å². The molecule has 1 aliphatic rings. The fourth-order valence-corrected chi connectivity index (χ4v) is 5.25. The number of aromatic hydroxyl groups is 4. The first-order chi connectivity index (χ1) is 19.8. The molecule has 2 atom stereocenters. The minimum Gasteiger partial charge on any atom is -0.508 e. The van der Waals surface area contributed by atoms with E-state index in [0.717, 1.165) is 22.3 Å². The highest BCUT2D eigenvalue weighted by molar-refractivity contribution is 6.02. The van der Waals surface area contributed by atoms with Crippen LogP contribution in [0.4, 0.5) is 0 Å². The number of hydrogen-bond donors (Lipinski definition) is 4. The molecule has 0 saturated carbocycles. The molecule has 41 heavy (non-hydrogen) atoms. The van der Waals surface area contributed by atoms with Gasteiger partial charge in [-0.1, -0.05) is 48.6 Å². The molecule has 0 saturated heterocycles. The molecule has 1 heterocycles. The van der Waals surface area contributed by atoms with Crippen molar-refractivity contribution in [3.8, 4) is 34.5 Å². The fraction of sp³-hybridized carbons (Fsp3) is 0.206. The molecule has 4 N–H and O–H groups in total. The van der Waals surface area contributed by atoms with Gasteiger partial charge in [-0.05, 0) is 72.4 Å². The average molecular weight is 553 g/mol. The van der Waals surface area contributed by atoms with E-state index in [9.17, 15) is 25.2 Å². The van der Waals surface area contributed by atoms with Crippen LogP contribution >= 0.6 is 0 Å². The van der Waals surface area contributed by atoms with Gasteiger partial charge in [0.25, 0.3) is 0 Å². The third-order valence-electron chi connectivity index (χ3n) is 7.40. The number of carbonyl (C=O) groups excluding carboxylic acids is 1. The quantitative estimate of drug-likeness (QED) is 0.170. The van der Waals surface area contributed by atoms with Crippen LogP contribution in [-0.2, 0) is 12.8 Å². The van der Waals surface area contributed by atoms with Gasteiger partial charge in [-0.25, -0.2) is 0 Å². The number of phenols is 4. The van der Waals surface area contributed by atoms with E-state index in [2.05, 4.69) is 6.08 Å². The molecule has 0 aromatic heterocycles. The predicted octanol–water partition coefficient (Wildman–Crippen LogP) is 6.73. The highest BCUT2D eigenvalue weighted by atomic mass is 16.5. The first-order valence-corrected chi connectivity index (χ1v) is 13.5. The summed E-state index contributed by atoms with van der Waals surface area (Å²) in [7, 11) is 1.52.